The van der Waals surface area contributed by atoms with E-state index < -0.39 is 0 Å². The Morgan fingerprint density at radius 3 is 2.92 bits per heavy atom. The highest BCUT2D eigenvalue weighted by Crippen LogP contribution is 2.32. The zero-order valence-corrected chi connectivity index (χ0v) is 14.9. The Balaban J connectivity index is 1.35. The molecule has 2 aliphatic rings. The fraction of sp³-hybridized carbons (Fsp3) is 0.722. The fourth-order valence-corrected chi connectivity index (χ4v) is 3.80. The number of aromatic nitrogens is 4. The van der Waals surface area contributed by atoms with Crippen molar-refractivity contribution in [2.45, 2.75) is 64.1 Å². The molecule has 3 heterocycles. The monoisotopic (exact) mass is 345 g/mol. The Morgan fingerprint density at radius 1 is 1.20 bits per heavy atom. The van der Waals surface area contributed by atoms with Crippen LogP contribution in [-0.2, 0) is 17.8 Å². The molecule has 2 aromatic heterocycles. The molecule has 0 spiro atoms. The predicted octanol–water partition coefficient (Wildman–Crippen LogP) is 2.58. The highest BCUT2D eigenvalue weighted by molar-refractivity contribution is 5.03. The number of rotatable bonds is 5. The van der Waals surface area contributed by atoms with Gasteiger partial charge in [0.2, 0.25) is 5.89 Å². The maximum Gasteiger partial charge on any atom is 0.216 e. The van der Waals surface area contributed by atoms with Gasteiger partial charge in [-0.25, -0.2) is 9.67 Å². The van der Waals surface area contributed by atoms with Gasteiger partial charge in [-0.05, 0) is 19.8 Å². The third kappa shape index (κ3) is 4.10. The van der Waals surface area contributed by atoms with Crippen molar-refractivity contribution in [1.29, 1.82) is 0 Å². The quantitative estimate of drug-likeness (QED) is 0.830. The molecule has 2 fully saturated rings. The van der Waals surface area contributed by atoms with E-state index in [1.165, 1.54) is 32.1 Å². The summed E-state index contributed by atoms with van der Waals surface area (Å²) in [5.74, 6) is 2.30. The van der Waals surface area contributed by atoms with E-state index in [-0.39, 0.29) is 0 Å². The van der Waals surface area contributed by atoms with Crippen molar-refractivity contribution >= 4 is 0 Å². The molecule has 1 aliphatic carbocycles. The molecule has 1 saturated heterocycles. The second-order valence-electron chi connectivity index (χ2n) is 7.29. The molecule has 4 rings (SSSR count). The topological polar surface area (TPSA) is 69.2 Å². The van der Waals surface area contributed by atoms with Crippen LogP contribution in [0.2, 0.25) is 0 Å². The van der Waals surface area contributed by atoms with Gasteiger partial charge in [0.05, 0.1) is 31.3 Å². The van der Waals surface area contributed by atoms with Crippen LogP contribution in [0, 0.1) is 0 Å². The van der Waals surface area contributed by atoms with E-state index in [2.05, 4.69) is 27.1 Å². The van der Waals surface area contributed by atoms with Gasteiger partial charge in [0, 0.05) is 25.0 Å². The van der Waals surface area contributed by atoms with Gasteiger partial charge < -0.3 is 9.15 Å². The standard InChI is InChI=1S/C18H27N5O2/c1-14-13-24-8-7-22(14)10-16-11-23(21-20-16)12-18-19-9-17(25-18)15-5-3-2-4-6-15/h9,11,14-15H,2-8,10,12-13H2,1H3/t14-/m1/s1. The molecule has 1 saturated carbocycles. The number of hydrogen-bond acceptors (Lipinski definition) is 6. The van der Waals surface area contributed by atoms with Crippen LogP contribution in [0.1, 0.15) is 62.3 Å². The van der Waals surface area contributed by atoms with Gasteiger partial charge in [0.15, 0.2) is 0 Å². The third-order valence-corrected chi connectivity index (χ3v) is 5.33. The second kappa shape index (κ2) is 7.66. The lowest BCUT2D eigenvalue weighted by molar-refractivity contribution is -0.00492. The van der Waals surface area contributed by atoms with Crippen LogP contribution in [0.5, 0.6) is 0 Å². The summed E-state index contributed by atoms with van der Waals surface area (Å²) in [4.78, 5) is 6.82. The maximum absolute atomic E-state index is 5.98. The van der Waals surface area contributed by atoms with Crippen LogP contribution in [0.15, 0.2) is 16.8 Å². The van der Waals surface area contributed by atoms with Crippen LogP contribution in [0.4, 0.5) is 0 Å². The zero-order chi connectivity index (χ0) is 17.1. The van der Waals surface area contributed by atoms with Crippen molar-refractivity contribution in [3.63, 3.8) is 0 Å². The van der Waals surface area contributed by atoms with Crippen molar-refractivity contribution in [1.82, 2.24) is 24.9 Å². The average Bonchev–Trinajstić information content (AvgIpc) is 3.28. The SMILES string of the molecule is C[C@@H]1COCCN1Cc1cn(Cc2ncc(C3CCCCC3)o2)nn1. The summed E-state index contributed by atoms with van der Waals surface area (Å²) in [6, 6.07) is 0.420. The Morgan fingerprint density at radius 2 is 2.08 bits per heavy atom. The first-order chi connectivity index (χ1) is 12.3. The molecule has 1 aliphatic heterocycles. The molecule has 0 N–H and O–H groups in total. The van der Waals surface area contributed by atoms with Gasteiger partial charge >= 0.3 is 0 Å². The van der Waals surface area contributed by atoms with Gasteiger partial charge in [-0.1, -0.05) is 24.5 Å². The number of hydrogen-bond donors (Lipinski definition) is 0. The molecule has 25 heavy (non-hydrogen) atoms. The third-order valence-electron chi connectivity index (χ3n) is 5.33. The van der Waals surface area contributed by atoms with Crippen molar-refractivity contribution < 1.29 is 9.15 Å². The first-order valence-electron chi connectivity index (χ1n) is 9.43. The van der Waals surface area contributed by atoms with E-state index in [0.717, 1.165) is 43.6 Å². The van der Waals surface area contributed by atoms with E-state index >= 15 is 0 Å². The number of morpholine rings is 1. The minimum Gasteiger partial charge on any atom is -0.443 e. The van der Waals surface area contributed by atoms with Crippen molar-refractivity contribution in [2.75, 3.05) is 19.8 Å². The fourth-order valence-electron chi connectivity index (χ4n) is 3.80. The Labute approximate surface area is 148 Å². The Bertz CT molecular complexity index is 677. The Hall–Kier alpha value is -1.73. The molecule has 7 heteroatoms. The lowest BCUT2D eigenvalue weighted by Gasteiger charge is -2.32. The zero-order valence-electron chi connectivity index (χ0n) is 14.9. The van der Waals surface area contributed by atoms with E-state index in [1.54, 1.807) is 0 Å². The molecule has 0 bridgehead atoms. The molecule has 0 amide bonds. The molecular formula is C18H27N5O2. The smallest absolute Gasteiger partial charge is 0.216 e. The molecule has 7 nitrogen and oxygen atoms in total. The Kier molecular flexibility index (Phi) is 5.12. The molecule has 0 unspecified atom stereocenters. The molecular weight excluding hydrogens is 318 g/mol. The first kappa shape index (κ1) is 16.7. The van der Waals surface area contributed by atoms with Crippen LogP contribution >= 0.6 is 0 Å². The lowest BCUT2D eigenvalue weighted by atomic mass is 9.88. The van der Waals surface area contributed by atoms with E-state index in [4.69, 9.17) is 9.15 Å². The molecule has 0 radical (unpaired) electrons. The highest BCUT2D eigenvalue weighted by atomic mass is 16.5. The van der Waals surface area contributed by atoms with Gasteiger partial charge in [-0.15, -0.1) is 5.10 Å². The van der Waals surface area contributed by atoms with E-state index in [0.29, 0.717) is 18.5 Å². The van der Waals surface area contributed by atoms with E-state index in [9.17, 15) is 0 Å². The van der Waals surface area contributed by atoms with E-state index in [1.807, 2.05) is 17.1 Å². The first-order valence-corrected chi connectivity index (χ1v) is 9.43. The summed E-state index contributed by atoms with van der Waals surface area (Å²) in [5.41, 5.74) is 0.979. The predicted molar refractivity (Wildman–Crippen MR) is 92.1 cm³/mol. The van der Waals surface area contributed by atoms with Gasteiger partial charge in [0.25, 0.3) is 0 Å². The van der Waals surface area contributed by atoms with Crippen molar-refractivity contribution in [2.24, 2.45) is 0 Å². The van der Waals surface area contributed by atoms with Crippen LogP contribution in [-0.4, -0.2) is 50.7 Å². The molecule has 1 atom stereocenters. The molecule has 2 aromatic rings. The maximum atomic E-state index is 5.98. The minimum atomic E-state index is 0.420. The van der Waals surface area contributed by atoms with Crippen molar-refractivity contribution in [3.8, 4) is 0 Å². The number of oxazole rings is 1. The number of nitrogens with zero attached hydrogens (tertiary/aromatic N) is 5. The summed E-state index contributed by atoms with van der Waals surface area (Å²) < 4.78 is 13.3. The second-order valence-corrected chi connectivity index (χ2v) is 7.29. The molecule has 136 valence electrons. The minimum absolute atomic E-state index is 0.420. The summed E-state index contributed by atoms with van der Waals surface area (Å²) in [6.07, 6.45) is 10.3. The summed E-state index contributed by atoms with van der Waals surface area (Å²) >= 11 is 0. The normalized spacial score (nSPS) is 23.2. The lowest BCUT2D eigenvalue weighted by Crippen LogP contribution is -2.42. The average molecular weight is 345 g/mol. The van der Waals surface area contributed by atoms with Crippen LogP contribution in [0.25, 0.3) is 0 Å². The summed E-state index contributed by atoms with van der Waals surface area (Å²) in [5, 5.41) is 8.53. The van der Waals surface area contributed by atoms with Gasteiger partial charge in [0.1, 0.15) is 12.3 Å². The number of ether oxygens (including phenoxy) is 1. The summed E-state index contributed by atoms with van der Waals surface area (Å²) in [7, 11) is 0. The molecule has 0 aromatic carbocycles. The van der Waals surface area contributed by atoms with Crippen LogP contribution < -0.4 is 0 Å². The largest absolute Gasteiger partial charge is 0.443 e. The van der Waals surface area contributed by atoms with Crippen molar-refractivity contribution in [3.05, 3.63) is 29.7 Å². The van der Waals surface area contributed by atoms with Gasteiger partial charge in [-0.3, -0.25) is 4.90 Å². The summed E-state index contributed by atoms with van der Waals surface area (Å²) in [6.45, 7) is 6.05. The van der Waals surface area contributed by atoms with Crippen LogP contribution in [0.3, 0.4) is 0 Å². The highest BCUT2D eigenvalue weighted by Gasteiger charge is 2.21. The van der Waals surface area contributed by atoms with Gasteiger partial charge in [-0.2, -0.15) is 0 Å².